The standard InChI is InChI=1S/C9H3ClF4N2O/c10-8-16-15-7(17-8)4-1-2-6(11)5(3-4)9(12,13)14/h1-3H. The molecule has 0 bridgehead atoms. The minimum Gasteiger partial charge on any atom is -0.407 e. The average Bonchev–Trinajstić information content (AvgIpc) is 2.64. The SMILES string of the molecule is Fc1ccc(-c2nnc(Cl)o2)cc1C(F)(F)F. The summed E-state index contributed by atoms with van der Waals surface area (Å²) in [6.07, 6.45) is -4.79. The van der Waals surface area contributed by atoms with Gasteiger partial charge in [0.2, 0.25) is 5.89 Å². The van der Waals surface area contributed by atoms with E-state index in [0.29, 0.717) is 12.1 Å². The van der Waals surface area contributed by atoms with Gasteiger partial charge in [0.1, 0.15) is 5.82 Å². The van der Waals surface area contributed by atoms with Crippen molar-refractivity contribution in [1.29, 1.82) is 0 Å². The van der Waals surface area contributed by atoms with Gasteiger partial charge in [-0.25, -0.2) is 4.39 Å². The minimum absolute atomic E-state index is 0.0573. The highest BCUT2D eigenvalue weighted by Gasteiger charge is 2.34. The Bertz CT molecular complexity index is 552. The van der Waals surface area contributed by atoms with E-state index in [2.05, 4.69) is 10.2 Å². The maximum Gasteiger partial charge on any atom is 0.419 e. The molecule has 1 aromatic heterocycles. The number of benzene rings is 1. The first kappa shape index (κ1) is 11.8. The maximum atomic E-state index is 13.0. The molecule has 90 valence electrons. The maximum absolute atomic E-state index is 13.0. The number of alkyl halides is 3. The molecule has 1 aromatic carbocycles. The van der Waals surface area contributed by atoms with Crippen molar-refractivity contribution in [2.75, 3.05) is 0 Å². The molecule has 0 radical (unpaired) electrons. The quantitative estimate of drug-likeness (QED) is 0.741. The summed E-state index contributed by atoms with van der Waals surface area (Å²) in [5.74, 6) is -1.58. The van der Waals surface area contributed by atoms with Crippen molar-refractivity contribution in [2.24, 2.45) is 0 Å². The van der Waals surface area contributed by atoms with Gasteiger partial charge >= 0.3 is 11.5 Å². The van der Waals surface area contributed by atoms with E-state index >= 15 is 0 Å². The molecule has 0 aliphatic rings. The van der Waals surface area contributed by atoms with Gasteiger partial charge in [0.05, 0.1) is 5.56 Å². The second kappa shape index (κ2) is 3.99. The van der Waals surface area contributed by atoms with Crippen LogP contribution in [0.25, 0.3) is 11.5 Å². The van der Waals surface area contributed by atoms with Gasteiger partial charge in [-0.2, -0.15) is 13.2 Å². The van der Waals surface area contributed by atoms with Gasteiger partial charge in [-0.15, -0.1) is 5.10 Å². The predicted molar refractivity (Wildman–Crippen MR) is 49.7 cm³/mol. The van der Waals surface area contributed by atoms with Gasteiger partial charge in [-0.05, 0) is 29.8 Å². The van der Waals surface area contributed by atoms with Crippen molar-refractivity contribution < 1.29 is 22.0 Å². The Morgan fingerprint density at radius 1 is 1.18 bits per heavy atom. The Balaban J connectivity index is 2.51. The highest BCUT2D eigenvalue weighted by molar-refractivity contribution is 6.27. The van der Waals surface area contributed by atoms with Crippen LogP contribution in [0.4, 0.5) is 17.6 Å². The van der Waals surface area contributed by atoms with Crippen LogP contribution in [0.15, 0.2) is 22.6 Å². The smallest absolute Gasteiger partial charge is 0.407 e. The van der Waals surface area contributed by atoms with E-state index in [-0.39, 0.29) is 16.8 Å². The second-order valence-electron chi connectivity index (χ2n) is 3.05. The summed E-state index contributed by atoms with van der Waals surface area (Å²) in [5, 5.41) is 6.37. The van der Waals surface area contributed by atoms with Gasteiger partial charge in [0, 0.05) is 5.56 Å². The predicted octanol–water partition coefficient (Wildman–Crippen LogP) is 3.55. The minimum atomic E-state index is -4.79. The lowest BCUT2D eigenvalue weighted by molar-refractivity contribution is -0.139. The van der Waals surface area contributed by atoms with Crippen molar-refractivity contribution in [3.05, 3.63) is 34.9 Å². The molecule has 0 unspecified atom stereocenters. The average molecular weight is 267 g/mol. The Hall–Kier alpha value is -1.63. The molecule has 0 atom stereocenters. The van der Waals surface area contributed by atoms with Crippen LogP contribution in [-0.4, -0.2) is 10.2 Å². The summed E-state index contributed by atoms with van der Waals surface area (Å²) in [6.45, 7) is 0. The van der Waals surface area contributed by atoms with Gasteiger partial charge in [0.15, 0.2) is 0 Å². The van der Waals surface area contributed by atoms with Crippen molar-refractivity contribution >= 4 is 11.6 Å². The fraction of sp³-hybridized carbons (Fsp3) is 0.111. The second-order valence-corrected chi connectivity index (χ2v) is 3.38. The molecule has 0 aliphatic heterocycles. The van der Waals surface area contributed by atoms with Crippen LogP contribution in [0.2, 0.25) is 5.35 Å². The van der Waals surface area contributed by atoms with E-state index in [1.165, 1.54) is 0 Å². The number of hydrogen-bond donors (Lipinski definition) is 0. The third kappa shape index (κ3) is 2.38. The Morgan fingerprint density at radius 2 is 1.88 bits per heavy atom. The molecule has 0 amide bonds. The molecule has 2 aromatic rings. The lowest BCUT2D eigenvalue weighted by Gasteiger charge is -2.08. The molecule has 0 saturated heterocycles. The van der Waals surface area contributed by atoms with Crippen molar-refractivity contribution in [2.45, 2.75) is 6.18 Å². The first-order chi connectivity index (χ1) is 7.88. The lowest BCUT2D eigenvalue weighted by atomic mass is 10.1. The van der Waals surface area contributed by atoms with E-state index in [4.69, 9.17) is 16.0 Å². The Labute approximate surface area is 97.0 Å². The van der Waals surface area contributed by atoms with Crippen LogP contribution in [0.5, 0.6) is 0 Å². The third-order valence-corrected chi connectivity index (χ3v) is 2.07. The highest BCUT2D eigenvalue weighted by atomic mass is 35.5. The summed E-state index contributed by atoms with van der Waals surface area (Å²) in [4.78, 5) is 0. The molecule has 0 N–H and O–H groups in total. The molecule has 0 aliphatic carbocycles. The largest absolute Gasteiger partial charge is 0.419 e. The van der Waals surface area contributed by atoms with Crippen LogP contribution in [0.1, 0.15) is 5.56 Å². The van der Waals surface area contributed by atoms with Crippen molar-refractivity contribution in [1.82, 2.24) is 10.2 Å². The van der Waals surface area contributed by atoms with Crippen LogP contribution in [-0.2, 0) is 6.18 Å². The van der Waals surface area contributed by atoms with E-state index < -0.39 is 17.6 Å². The molecule has 8 heteroatoms. The van der Waals surface area contributed by atoms with E-state index in [9.17, 15) is 17.6 Å². The lowest BCUT2D eigenvalue weighted by Crippen LogP contribution is -2.08. The van der Waals surface area contributed by atoms with E-state index in [0.717, 1.165) is 6.07 Å². The summed E-state index contributed by atoms with van der Waals surface area (Å²) < 4.78 is 55.0. The molecule has 1 heterocycles. The van der Waals surface area contributed by atoms with Gasteiger partial charge < -0.3 is 4.42 Å². The zero-order chi connectivity index (χ0) is 12.6. The highest BCUT2D eigenvalue weighted by Crippen LogP contribution is 2.34. The Morgan fingerprint density at radius 3 is 2.41 bits per heavy atom. The van der Waals surface area contributed by atoms with Gasteiger partial charge in [-0.3, -0.25) is 0 Å². The number of rotatable bonds is 1. The first-order valence-electron chi connectivity index (χ1n) is 4.24. The number of nitrogens with zero attached hydrogens (tertiary/aromatic N) is 2. The van der Waals surface area contributed by atoms with Crippen LogP contribution < -0.4 is 0 Å². The molecular formula is C9H3ClF4N2O. The number of aromatic nitrogens is 2. The van der Waals surface area contributed by atoms with Crippen LogP contribution >= 0.6 is 11.6 Å². The molecule has 17 heavy (non-hydrogen) atoms. The molecule has 0 spiro atoms. The summed E-state index contributed by atoms with van der Waals surface area (Å²) in [6, 6.07) is 2.35. The van der Waals surface area contributed by atoms with Crippen molar-refractivity contribution in [3.8, 4) is 11.5 Å². The number of halogens is 5. The molecular weight excluding hydrogens is 264 g/mol. The zero-order valence-corrected chi connectivity index (χ0v) is 8.68. The van der Waals surface area contributed by atoms with Crippen LogP contribution in [0, 0.1) is 5.82 Å². The van der Waals surface area contributed by atoms with E-state index in [1.54, 1.807) is 0 Å². The topological polar surface area (TPSA) is 38.9 Å². The van der Waals surface area contributed by atoms with Crippen molar-refractivity contribution in [3.63, 3.8) is 0 Å². The first-order valence-corrected chi connectivity index (χ1v) is 4.62. The fourth-order valence-corrected chi connectivity index (χ4v) is 1.31. The van der Waals surface area contributed by atoms with Gasteiger partial charge in [0.25, 0.3) is 0 Å². The zero-order valence-electron chi connectivity index (χ0n) is 7.92. The summed E-state index contributed by atoms with van der Waals surface area (Å²) >= 11 is 5.33. The number of hydrogen-bond acceptors (Lipinski definition) is 3. The van der Waals surface area contributed by atoms with Gasteiger partial charge in [-0.1, -0.05) is 5.10 Å². The van der Waals surface area contributed by atoms with Crippen LogP contribution in [0.3, 0.4) is 0 Å². The third-order valence-electron chi connectivity index (χ3n) is 1.92. The normalized spacial score (nSPS) is 11.8. The van der Waals surface area contributed by atoms with E-state index in [1.807, 2.05) is 0 Å². The monoisotopic (exact) mass is 266 g/mol. The summed E-state index contributed by atoms with van der Waals surface area (Å²) in [7, 11) is 0. The summed E-state index contributed by atoms with van der Waals surface area (Å²) in [5.41, 5.74) is -1.46. The molecule has 0 fully saturated rings. The molecule has 2 rings (SSSR count). The molecule has 0 saturated carbocycles. The Kier molecular flexibility index (Phi) is 2.78. The molecule has 3 nitrogen and oxygen atoms in total. The fourth-order valence-electron chi connectivity index (χ4n) is 1.20.